The lowest BCUT2D eigenvalue weighted by Crippen LogP contribution is -1.97. The van der Waals surface area contributed by atoms with Crippen LogP contribution in [0.25, 0.3) is 0 Å². The van der Waals surface area contributed by atoms with Crippen molar-refractivity contribution in [3.8, 4) is 0 Å². The number of aryl methyl sites for hydroxylation is 2. The third kappa shape index (κ3) is 9.71. The van der Waals surface area contributed by atoms with Crippen LogP contribution in [0.5, 0.6) is 0 Å². The zero-order chi connectivity index (χ0) is 17.1. The van der Waals surface area contributed by atoms with Crippen LogP contribution < -0.4 is 11.5 Å². The molecule has 0 aliphatic carbocycles. The number of halogens is 1. The summed E-state index contributed by atoms with van der Waals surface area (Å²) in [4.78, 5) is 10.2. The van der Waals surface area contributed by atoms with Crippen LogP contribution in [0.15, 0.2) is 48.5 Å². The third-order valence-corrected chi connectivity index (χ3v) is 3.21. The second kappa shape index (κ2) is 12.2. The fourth-order valence-corrected chi connectivity index (χ4v) is 1.90. The number of aliphatic carboxylic acids is 1. The minimum atomic E-state index is -0.771. The number of benzene rings is 2. The second-order valence-corrected chi connectivity index (χ2v) is 5.20. The number of carbonyl (C=O) groups is 1. The smallest absolute Gasteiger partial charge is 0.303 e. The topological polar surface area (TPSA) is 110 Å². The Morgan fingerprint density at radius 3 is 1.62 bits per heavy atom. The number of hydrogen-bond acceptors (Lipinski definition) is 4. The van der Waals surface area contributed by atoms with Crippen LogP contribution in [0.4, 0.5) is 11.4 Å². The van der Waals surface area contributed by atoms with Crippen LogP contribution in [0.2, 0.25) is 0 Å². The molecule has 6 N–H and O–H groups in total. The summed E-state index contributed by atoms with van der Waals surface area (Å²) in [6.07, 6.45) is 2.49. The van der Waals surface area contributed by atoms with Gasteiger partial charge >= 0.3 is 5.97 Å². The Bertz CT molecular complexity index is 586. The Morgan fingerprint density at radius 1 is 0.833 bits per heavy atom. The van der Waals surface area contributed by atoms with E-state index in [4.69, 9.17) is 21.7 Å². The van der Waals surface area contributed by atoms with Crippen LogP contribution in [0.3, 0.4) is 0 Å². The lowest BCUT2D eigenvalue weighted by Gasteiger charge is -1.98. The van der Waals surface area contributed by atoms with Crippen LogP contribution in [0, 0.1) is 0 Å². The van der Waals surface area contributed by atoms with E-state index < -0.39 is 5.97 Å². The molecular formula is C18H25ClN2O3. The molecule has 2 rings (SSSR count). The van der Waals surface area contributed by atoms with Gasteiger partial charge in [-0.3, -0.25) is 4.79 Å². The molecule has 5 nitrogen and oxygen atoms in total. The van der Waals surface area contributed by atoms with Gasteiger partial charge in [0.05, 0.1) is 0 Å². The van der Waals surface area contributed by atoms with E-state index >= 15 is 0 Å². The van der Waals surface area contributed by atoms with Crippen LogP contribution in [-0.2, 0) is 17.6 Å². The van der Waals surface area contributed by atoms with E-state index in [0.29, 0.717) is 12.1 Å². The van der Waals surface area contributed by atoms with E-state index in [2.05, 4.69) is 0 Å². The first-order valence-corrected chi connectivity index (χ1v) is 7.52. The van der Waals surface area contributed by atoms with Crippen molar-refractivity contribution >= 4 is 29.8 Å². The molecule has 0 aliphatic heterocycles. The van der Waals surface area contributed by atoms with Crippen LogP contribution >= 0.6 is 12.4 Å². The minimum Gasteiger partial charge on any atom is -0.481 e. The molecule has 0 radical (unpaired) electrons. The summed E-state index contributed by atoms with van der Waals surface area (Å²) >= 11 is 0. The van der Waals surface area contributed by atoms with Gasteiger partial charge in [-0.25, -0.2) is 0 Å². The Hall–Kier alpha value is -2.24. The van der Waals surface area contributed by atoms with E-state index in [1.54, 1.807) is 12.1 Å². The average molecular weight is 353 g/mol. The molecule has 2 aromatic rings. The third-order valence-electron chi connectivity index (χ3n) is 3.21. The summed E-state index contributed by atoms with van der Waals surface area (Å²) in [5.74, 6) is -0.771. The summed E-state index contributed by atoms with van der Waals surface area (Å²) in [5, 5.41) is 17.0. The number of nitrogens with two attached hydrogens (primary N) is 2. The number of carboxylic acids is 1. The number of nitrogen functional groups attached to an aromatic ring is 2. The first kappa shape index (κ1) is 21.8. The highest BCUT2D eigenvalue weighted by Crippen LogP contribution is 2.07. The fourth-order valence-electron chi connectivity index (χ4n) is 1.90. The lowest BCUT2D eigenvalue weighted by atomic mass is 10.1. The SMILES string of the molecule is Cl.Nc1ccc(CCC(=O)O)cc1.Nc1ccc(CCCO)cc1. The van der Waals surface area contributed by atoms with Crippen LogP contribution in [-0.4, -0.2) is 22.8 Å². The largest absolute Gasteiger partial charge is 0.481 e. The number of aliphatic hydroxyl groups excluding tert-OH is 1. The van der Waals surface area contributed by atoms with E-state index in [9.17, 15) is 4.79 Å². The van der Waals surface area contributed by atoms with Crippen molar-refractivity contribution in [2.45, 2.75) is 25.7 Å². The van der Waals surface area contributed by atoms with Gasteiger partial charge in [-0.1, -0.05) is 24.3 Å². The monoisotopic (exact) mass is 352 g/mol. The number of aliphatic hydroxyl groups is 1. The number of hydrogen-bond donors (Lipinski definition) is 4. The molecule has 0 atom stereocenters. The summed E-state index contributed by atoms with van der Waals surface area (Å²) < 4.78 is 0. The van der Waals surface area contributed by atoms with Gasteiger partial charge in [-0.2, -0.15) is 0 Å². The van der Waals surface area contributed by atoms with Crippen molar-refractivity contribution < 1.29 is 15.0 Å². The molecule has 6 heteroatoms. The maximum absolute atomic E-state index is 10.2. The quantitative estimate of drug-likeness (QED) is 0.597. The molecule has 0 fully saturated rings. The number of anilines is 2. The van der Waals surface area contributed by atoms with Gasteiger partial charge in [0.2, 0.25) is 0 Å². The second-order valence-electron chi connectivity index (χ2n) is 5.20. The van der Waals surface area contributed by atoms with E-state index in [-0.39, 0.29) is 25.4 Å². The Labute approximate surface area is 148 Å². The van der Waals surface area contributed by atoms with E-state index in [0.717, 1.165) is 24.1 Å². The Kier molecular flexibility index (Phi) is 11.1. The standard InChI is InChI=1S/C9H11NO2.C9H13NO.ClH/c10-8-4-1-7(2-5-8)3-6-9(11)12;10-9-5-3-8(4-6-9)2-1-7-11;/h1-2,4-5H,3,6,10H2,(H,11,12);3-6,11H,1-2,7,10H2;1H. The normalized spacial score (nSPS) is 9.38. The highest BCUT2D eigenvalue weighted by molar-refractivity contribution is 5.85. The van der Waals surface area contributed by atoms with Gasteiger partial charge in [0.1, 0.15) is 0 Å². The molecule has 24 heavy (non-hydrogen) atoms. The molecule has 0 aromatic heterocycles. The minimum absolute atomic E-state index is 0. The first-order valence-electron chi connectivity index (χ1n) is 7.52. The fraction of sp³-hybridized carbons (Fsp3) is 0.278. The molecule has 132 valence electrons. The summed E-state index contributed by atoms with van der Waals surface area (Å²) in [7, 11) is 0. The highest BCUT2D eigenvalue weighted by Gasteiger charge is 1.97. The first-order chi connectivity index (χ1) is 11.0. The molecular weight excluding hydrogens is 328 g/mol. The molecule has 0 saturated heterocycles. The Morgan fingerprint density at radius 2 is 1.25 bits per heavy atom. The van der Waals surface area contributed by atoms with Crippen molar-refractivity contribution in [2.24, 2.45) is 0 Å². The van der Waals surface area contributed by atoms with Gasteiger partial charge in [0.15, 0.2) is 0 Å². The molecule has 0 unspecified atom stereocenters. The maximum Gasteiger partial charge on any atom is 0.303 e. The predicted molar refractivity (Wildman–Crippen MR) is 100 cm³/mol. The van der Waals surface area contributed by atoms with Gasteiger partial charge in [0.25, 0.3) is 0 Å². The summed E-state index contributed by atoms with van der Waals surface area (Å²) in [6, 6.07) is 15.0. The molecule has 0 amide bonds. The van der Waals surface area contributed by atoms with Gasteiger partial charge in [0, 0.05) is 24.4 Å². The number of carboxylic acid groups (broad SMARTS) is 1. The summed E-state index contributed by atoms with van der Waals surface area (Å²) in [6.45, 7) is 0.254. The molecule has 0 bridgehead atoms. The number of rotatable bonds is 6. The Balaban J connectivity index is 0.000000425. The maximum atomic E-state index is 10.2. The van der Waals surface area contributed by atoms with Gasteiger partial charge < -0.3 is 21.7 Å². The van der Waals surface area contributed by atoms with Crippen LogP contribution in [0.1, 0.15) is 24.0 Å². The average Bonchev–Trinajstić information content (AvgIpc) is 2.54. The predicted octanol–water partition coefficient (Wildman–Crippen LogP) is 2.90. The van der Waals surface area contributed by atoms with Gasteiger partial charge in [-0.15, -0.1) is 12.4 Å². The van der Waals surface area contributed by atoms with E-state index in [1.165, 1.54) is 5.56 Å². The molecule has 2 aromatic carbocycles. The van der Waals surface area contributed by atoms with Crippen molar-refractivity contribution in [1.82, 2.24) is 0 Å². The van der Waals surface area contributed by atoms with Crippen molar-refractivity contribution in [2.75, 3.05) is 18.1 Å². The molecule has 0 saturated carbocycles. The highest BCUT2D eigenvalue weighted by atomic mass is 35.5. The summed E-state index contributed by atoms with van der Waals surface area (Å²) in [5.41, 5.74) is 14.7. The zero-order valence-corrected chi connectivity index (χ0v) is 14.3. The van der Waals surface area contributed by atoms with Gasteiger partial charge in [-0.05, 0) is 54.7 Å². The molecule has 0 heterocycles. The van der Waals surface area contributed by atoms with Crippen molar-refractivity contribution in [3.63, 3.8) is 0 Å². The van der Waals surface area contributed by atoms with Crippen molar-refractivity contribution in [1.29, 1.82) is 0 Å². The molecule has 0 spiro atoms. The molecule has 0 aliphatic rings. The zero-order valence-electron chi connectivity index (χ0n) is 13.5. The van der Waals surface area contributed by atoms with E-state index in [1.807, 2.05) is 36.4 Å². The van der Waals surface area contributed by atoms with Crippen molar-refractivity contribution in [3.05, 3.63) is 59.7 Å². The lowest BCUT2D eigenvalue weighted by molar-refractivity contribution is -0.136.